The number of nitrogens with zero attached hydrogens (tertiary/aromatic N) is 4. The van der Waals surface area contributed by atoms with Gasteiger partial charge in [-0.25, -0.2) is 23.8 Å². The van der Waals surface area contributed by atoms with Gasteiger partial charge in [0.25, 0.3) is 0 Å². The first-order valence-electron chi connectivity index (χ1n) is 9.51. The third-order valence-electron chi connectivity index (χ3n) is 6.06. The van der Waals surface area contributed by atoms with Crippen LogP contribution in [-0.4, -0.2) is 74.4 Å². The van der Waals surface area contributed by atoms with E-state index in [0.29, 0.717) is 44.2 Å². The summed E-state index contributed by atoms with van der Waals surface area (Å²) in [6.07, 6.45) is 6.37. The highest BCUT2D eigenvalue weighted by molar-refractivity contribution is 7.88. The van der Waals surface area contributed by atoms with Crippen molar-refractivity contribution in [3.05, 3.63) is 18.1 Å². The number of piperazine rings is 1. The molecule has 1 saturated carbocycles. The van der Waals surface area contributed by atoms with Crippen LogP contribution in [0.1, 0.15) is 31.0 Å². The molecule has 4 unspecified atom stereocenters. The first kappa shape index (κ1) is 19.0. The summed E-state index contributed by atoms with van der Waals surface area (Å²) in [5.41, 5.74) is 7.81. The number of ether oxygens (including phenoxy) is 1. The molecule has 9 nitrogen and oxygen atoms in total. The number of rotatable bonds is 4. The van der Waals surface area contributed by atoms with Crippen molar-refractivity contribution < 1.29 is 13.2 Å². The van der Waals surface area contributed by atoms with Crippen LogP contribution < -0.4 is 15.8 Å². The Labute approximate surface area is 160 Å². The predicted octanol–water partition coefficient (Wildman–Crippen LogP) is -0.109. The van der Waals surface area contributed by atoms with E-state index in [1.807, 2.05) is 6.07 Å². The van der Waals surface area contributed by atoms with E-state index in [9.17, 15) is 8.42 Å². The van der Waals surface area contributed by atoms with Crippen molar-refractivity contribution >= 4 is 15.8 Å². The fourth-order valence-electron chi connectivity index (χ4n) is 4.48. The van der Waals surface area contributed by atoms with Crippen molar-refractivity contribution in [1.82, 2.24) is 25.1 Å². The van der Waals surface area contributed by atoms with Gasteiger partial charge in [0, 0.05) is 51.3 Å². The van der Waals surface area contributed by atoms with E-state index in [4.69, 9.17) is 4.74 Å². The van der Waals surface area contributed by atoms with Gasteiger partial charge >= 0.3 is 0 Å². The summed E-state index contributed by atoms with van der Waals surface area (Å²) >= 11 is 0. The minimum Gasteiger partial charge on any atom is -0.381 e. The van der Waals surface area contributed by atoms with Gasteiger partial charge in [0.15, 0.2) is 0 Å². The van der Waals surface area contributed by atoms with E-state index >= 15 is 0 Å². The summed E-state index contributed by atoms with van der Waals surface area (Å²) in [6, 6.07) is 2.61. The van der Waals surface area contributed by atoms with Crippen LogP contribution in [0.5, 0.6) is 0 Å². The molecule has 27 heavy (non-hydrogen) atoms. The highest BCUT2D eigenvalue weighted by Crippen LogP contribution is 2.38. The molecule has 0 radical (unpaired) electrons. The van der Waals surface area contributed by atoms with Gasteiger partial charge in [-0.2, -0.15) is 4.31 Å². The lowest BCUT2D eigenvalue weighted by atomic mass is 9.79. The molecule has 1 aliphatic carbocycles. The zero-order chi connectivity index (χ0) is 19.0. The molecule has 0 bridgehead atoms. The highest BCUT2D eigenvalue weighted by atomic mass is 32.2. The molecule has 0 aromatic carbocycles. The maximum atomic E-state index is 11.7. The molecular formula is C17H28N6O3S. The SMILES string of the molecule is COC1CCC2NNC(c3cc(N4CCN(S(C)(=O)=O)CC4)ncn3)C2C1. The van der Waals surface area contributed by atoms with E-state index < -0.39 is 10.0 Å². The Kier molecular flexibility index (Phi) is 5.34. The van der Waals surface area contributed by atoms with Crippen LogP contribution in [0.3, 0.4) is 0 Å². The first-order valence-corrected chi connectivity index (χ1v) is 11.4. The number of fused-ring (bicyclic) bond motifs is 1. The Morgan fingerprint density at radius 2 is 1.93 bits per heavy atom. The quantitative estimate of drug-likeness (QED) is 0.727. The number of methoxy groups -OCH3 is 1. The standard InChI is InChI=1S/C17H28N6O3S/c1-26-12-3-4-14-13(9-12)17(21-20-14)15-10-16(19-11-18-15)22-5-7-23(8-6-22)27(2,24)25/h10-14,17,20-21H,3-9H2,1-2H3. The minimum absolute atomic E-state index is 0.131. The Bertz CT molecular complexity index is 768. The predicted molar refractivity (Wildman–Crippen MR) is 102 cm³/mol. The van der Waals surface area contributed by atoms with Gasteiger partial charge in [-0.3, -0.25) is 5.43 Å². The number of sulfonamides is 1. The monoisotopic (exact) mass is 396 g/mol. The zero-order valence-electron chi connectivity index (χ0n) is 15.8. The second-order valence-electron chi connectivity index (χ2n) is 7.66. The van der Waals surface area contributed by atoms with Crippen molar-refractivity contribution in [1.29, 1.82) is 0 Å². The van der Waals surface area contributed by atoms with Gasteiger partial charge in [0.05, 0.1) is 24.1 Å². The van der Waals surface area contributed by atoms with E-state index in [2.05, 4.69) is 25.7 Å². The minimum atomic E-state index is -3.13. The molecule has 2 N–H and O–H groups in total. The van der Waals surface area contributed by atoms with Crippen molar-refractivity contribution in [2.75, 3.05) is 44.4 Å². The first-order chi connectivity index (χ1) is 13.0. The maximum absolute atomic E-state index is 11.7. The molecule has 150 valence electrons. The van der Waals surface area contributed by atoms with Crippen molar-refractivity contribution in [3.8, 4) is 0 Å². The number of hydrogen-bond donors (Lipinski definition) is 2. The molecular weight excluding hydrogens is 368 g/mol. The number of nitrogens with one attached hydrogen (secondary N) is 2. The summed E-state index contributed by atoms with van der Waals surface area (Å²) in [4.78, 5) is 11.1. The van der Waals surface area contributed by atoms with Crippen LogP contribution in [-0.2, 0) is 14.8 Å². The third-order valence-corrected chi connectivity index (χ3v) is 7.36. The molecule has 3 heterocycles. The fraction of sp³-hybridized carbons (Fsp3) is 0.765. The molecule has 10 heteroatoms. The molecule has 0 spiro atoms. The van der Waals surface area contributed by atoms with Crippen molar-refractivity contribution in [2.45, 2.75) is 37.5 Å². The van der Waals surface area contributed by atoms with E-state index in [-0.39, 0.29) is 6.04 Å². The second kappa shape index (κ2) is 7.59. The number of aromatic nitrogens is 2. The van der Waals surface area contributed by atoms with E-state index in [1.165, 1.54) is 10.6 Å². The molecule has 2 aliphatic heterocycles. The number of anilines is 1. The van der Waals surface area contributed by atoms with Gasteiger partial charge in [-0.1, -0.05) is 0 Å². The number of hydrogen-bond acceptors (Lipinski definition) is 8. The second-order valence-corrected chi connectivity index (χ2v) is 9.64. The van der Waals surface area contributed by atoms with Gasteiger partial charge < -0.3 is 9.64 Å². The van der Waals surface area contributed by atoms with Gasteiger partial charge in [-0.15, -0.1) is 0 Å². The number of hydrazine groups is 1. The summed E-state index contributed by atoms with van der Waals surface area (Å²) in [6.45, 7) is 2.25. The Morgan fingerprint density at radius 1 is 1.15 bits per heavy atom. The summed E-state index contributed by atoms with van der Waals surface area (Å²) in [7, 11) is -1.34. The third kappa shape index (κ3) is 3.95. The smallest absolute Gasteiger partial charge is 0.211 e. The van der Waals surface area contributed by atoms with Gasteiger partial charge in [-0.05, 0) is 19.3 Å². The van der Waals surface area contributed by atoms with Crippen molar-refractivity contribution in [2.24, 2.45) is 5.92 Å². The molecule has 4 atom stereocenters. The van der Waals surface area contributed by atoms with Crippen molar-refractivity contribution in [3.63, 3.8) is 0 Å². The van der Waals surface area contributed by atoms with Crippen LogP contribution in [0.15, 0.2) is 12.4 Å². The van der Waals surface area contributed by atoms with Crippen LogP contribution in [0.4, 0.5) is 5.82 Å². The lowest BCUT2D eigenvalue weighted by Crippen LogP contribution is -2.48. The average Bonchev–Trinajstić information content (AvgIpc) is 3.10. The zero-order valence-corrected chi connectivity index (χ0v) is 16.7. The van der Waals surface area contributed by atoms with E-state index in [1.54, 1.807) is 13.4 Å². The summed E-state index contributed by atoms with van der Waals surface area (Å²) in [5.74, 6) is 1.30. The van der Waals surface area contributed by atoms with Crippen LogP contribution in [0.25, 0.3) is 0 Å². The summed E-state index contributed by atoms with van der Waals surface area (Å²) in [5, 5.41) is 0. The fourth-order valence-corrected chi connectivity index (χ4v) is 5.30. The molecule has 3 fully saturated rings. The maximum Gasteiger partial charge on any atom is 0.211 e. The molecule has 1 aromatic heterocycles. The normalized spacial score (nSPS) is 32.4. The van der Waals surface area contributed by atoms with Crippen LogP contribution in [0, 0.1) is 5.92 Å². The lowest BCUT2D eigenvalue weighted by Gasteiger charge is -2.34. The molecule has 4 rings (SSSR count). The Morgan fingerprint density at radius 3 is 2.63 bits per heavy atom. The molecule has 3 aliphatic rings. The topological polar surface area (TPSA) is 99.7 Å². The Hall–Kier alpha value is -1.33. The van der Waals surface area contributed by atoms with Gasteiger partial charge in [0.2, 0.25) is 10.0 Å². The molecule has 1 aromatic rings. The van der Waals surface area contributed by atoms with E-state index in [0.717, 1.165) is 30.8 Å². The van der Waals surface area contributed by atoms with Gasteiger partial charge in [0.1, 0.15) is 12.1 Å². The Balaban J connectivity index is 1.47. The molecule has 2 saturated heterocycles. The average molecular weight is 397 g/mol. The van der Waals surface area contributed by atoms with Crippen LogP contribution in [0.2, 0.25) is 0 Å². The lowest BCUT2D eigenvalue weighted by molar-refractivity contribution is 0.0436. The molecule has 0 amide bonds. The van der Waals surface area contributed by atoms with Crippen LogP contribution >= 0.6 is 0 Å². The largest absolute Gasteiger partial charge is 0.381 e. The summed E-state index contributed by atoms with van der Waals surface area (Å²) < 4.78 is 30.5. The highest BCUT2D eigenvalue weighted by Gasteiger charge is 2.42.